The number of aromatic nitrogens is 2. The smallest absolute Gasteiger partial charge is 0.354 e. The van der Waals surface area contributed by atoms with E-state index in [0.717, 1.165) is 0 Å². The summed E-state index contributed by atoms with van der Waals surface area (Å²) in [4.78, 5) is 19.1. The van der Waals surface area contributed by atoms with Crippen LogP contribution in [0.2, 0.25) is 10.0 Å². The lowest BCUT2D eigenvalue weighted by Crippen LogP contribution is -2.07. The van der Waals surface area contributed by atoms with E-state index in [1.54, 1.807) is 25.1 Å². The number of aromatic carboxylic acids is 1. The van der Waals surface area contributed by atoms with Crippen molar-refractivity contribution < 1.29 is 9.90 Å². The molecule has 4 nitrogen and oxygen atoms in total. The lowest BCUT2D eigenvalue weighted by molar-refractivity contribution is 0.0689. The number of hydrogen-bond acceptors (Lipinski definition) is 3. The van der Waals surface area contributed by atoms with E-state index in [1.165, 1.54) is 6.07 Å². The number of carboxylic acids is 1. The Morgan fingerprint density at radius 2 is 1.89 bits per heavy atom. The van der Waals surface area contributed by atoms with E-state index in [2.05, 4.69) is 9.97 Å². The van der Waals surface area contributed by atoms with Crippen LogP contribution in [0, 0.1) is 6.92 Å². The van der Waals surface area contributed by atoms with Crippen molar-refractivity contribution in [3.8, 4) is 0 Å². The molecule has 0 unspecified atom stereocenters. The molecule has 0 atom stereocenters. The molecule has 19 heavy (non-hydrogen) atoms. The molecule has 1 aromatic carbocycles. The molecule has 0 fully saturated rings. The van der Waals surface area contributed by atoms with E-state index in [4.69, 9.17) is 28.3 Å². The Hall–Kier alpha value is -1.65. The molecular weight excluding hydrogens is 287 g/mol. The Morgan fingerprint density at radius 1 is 1.26 bits per heavy atom. The first-order valence-electron chi connectivity index (χ1n) is 5.48. The molecule has 2 aromatic rings. The van der Waals surface area contributed by atoms with Crippen molar-refractivity contribution >= 4 is 29.2 Å². The number of rotatable bonds is 3. The fourth-order valence-electron chi connectivity index (χ4n) is 1.68. The minimum absolute atomic E-state index is 0.0364. The van der Waals surface area contributed by atoms with Crippen molar-refractivity contribution in [3.05, 3.63) is 57.1 Å². The van der Waals surface area contributed by atoms with Gasteiger partial charge in [-0.1, -0.05) is 29.3 Å². The van der Waals surface area contributed by atoms with Gasteiger partial charge in [0.2, 0.25) is 0 Å². The number of nitrogens with zero attached hydrogens (tertiary/aromatic N) is 2. The van der Waals surface area contributed by atoms with E-state index >= 15 is 0 Å². The van der Waals surface area contributed by atoms with Gasteiger partial charge in [0, 0.05) is 22.2 Å². The molecule has 1 heterocycles. The zero-order chi connectivity index (χ0) is 14.0. The second kappa shape index (κ2) is 5.55. The molecule has 0 spiro atoms. The summed E-state index contributed by atoms with van der Waals surface area (Å²) in [6, 6.07) is 6.60. The third-order valence-electron chi connectivity index (χ3n) is 2.52. The van der Waals surface area contributed by atoms with Crippen LogP contribution in [0.5, 0.6) is 0 Å². The predicted molar refractivity (Wildman–Crippen MR) is 73.0 cm³/mol. The first-order chi connectivity index (χ1) is 8.97. The van der Waals surface area contributed by atoms with Crippen molar-refractivity contribution in [1.82, 2.24) is 9.97 Å². The van der Waals surface area contributed by atoms with E-state index in [0.29, 0.717) is 33.5 Å². The minimum atomic E-state index is -1.09. The maximum atomic E-state index is 10.9. The quantitative estimate of drug-likeness (QED) is 0.943. The highest BCUT2D eigenvalue weighted by molar-refractivity contribution is 6.36. The van der Waals surface area contributed by atoms with Crippen LogP contribution in [0.3, 0.4) is 0 Å². The van der Waals surface area contributed by atoms with Crippen LogP contribution in [-0.2, 0) is 6.42 Å². The van der Waals surface area contributed by atoms with Gasteiger partial charge in [0.15, 0.2) is 5.69 Å². The Labute approximate surface area is 120 Å². The molecule has 0 aliphatic carbocycles. The Bertz CT molecular complexity index is 624. The Balaban J connectivity index is 2.41. The fourth-order valence-corrected chi connectivity index (χ4v) is 2.21. The summed E-state index contributed by atoms with van der Waals surface area (Å²) in [5, 5.41) is 9.98. The molecule has 2 rings (SSSR count). The molecule has 1 N–H and O–H groups in total. The van der Waals surface area contributed by atoms with Gasteiger partial charge < -0.3 is 5.11 Å². The molecule has 98 valence electrons. The van der Waals surface area contributed by atoms with Gasteiger partial charge in [-0.05, 0) is 30.7 Å². The maximum Gasteiger partial charge on any atom is 0.354 e. The molecule has 0 saturated heterocycles. The second-order valence-corrected chi connectivity index (χ2v) is 4.81. The number of carbonyl (C=O) groups is 1. The molecule has 0 aliphatic heterocycles. The van der Waals surface area contributed by atoms with Crippen molar-refractivity contribution in [1.29, 1.82) is 0 Å². The number of aryl methyl sites for hydroxylation is 1. The van der Waals surface area contributed by atoms with Crippen molar-refractivity contribution in [2.24, 2.45) is 0 Å². The normalized spacial score (nSPS) is 10.5. The van der Waals surface area contributed by atoms with Crippen molar-refractivity contribution in [2.75, 3.05) is 0 Å². The SMILES string of the molecule is Cc1cc(C(=O)O)nc(Cc2c(Cl)cccc2Cl)n1. The van der Waals surface area contributed by atoms with E-state index in [9.17, 15) is 4.79 Å². The standard InChI is InChI=1S/C13H10Cl2N2O2/c1-7-5-11(13(18)19)17-12(16-7)6-8-9(14)3-2-4-10(8)15/h2-5H,6H2,1H3,(H,18,19). The number of carboxylic acid groups (broad SMARTS) is 1. The van der Waals surface area contributed by atoms with E-state index in [-0.39, 0.29) is 5.69 Å². The molecular formula is C13H10Cl2N2O2. The van der Waals surface area contributed by atoms with Crippen LogP contribution < -0.4 is 0 Å². The van der Waals surface area contributed by atoms with Gasteiger partial charge >= 0.3 is 5.97 Å². The summed E-state index contributed by atoms with van der Waals surface area (Å²) in [6.45, 7) is 1.71. The largest absolute Gasteiger partial charge is 0.477 e. The molecule has 0 bridgehead atoms. The van der Waals surface area contributed by atoms with E-state index in [1.807, 2.05) is 0 Å². The van der Waals surface area contributed by atoms with Gasteiger partial charge in [-0.15, -0.1) is 0 Å². The van der Waals surface area contributed by atoms with E-state index < -0.39 is 5.97 Å². The monoisotopic (exact) mass is 296 g/mol. The van der Waals surface area contributed by atoms with Gasteiger partial charge in [-0.2, -0.15) is 0 Å². The summed E-state index contributed by atoms with van der Waals surface area (Å²) in [5.74, 6) is -0.704. The van der Waals surface area contributed by atoms with Crippen LogP contribution >= 0.6 is 23.2 Å². The lowest BCUT2D eigenvalue weighted by atomic mass is 10.1. The zero-order valence-electron chi connectivity index (χ0n) is 10.0. The number of halogens is 2. The molecule has 0 radical (unpaired) electrons. The average molecular weight is 297 g/mol. The topological polar surface area (TPSA) is 63.1 Å². The molecule has 1 aromatic heterocycles. The summed E-state index contributed by atoms with van der Waals surface area (Å²) in [6.07, 6.45) is 0.292. The molecule has 0 saturated carbocycles. The number of hydrogen-bond donors (Lipinski definition) is 1. The summed E-state index contributed by atoms with van der Waals surface area (Å²) in [5.41, 5.74) is 1.24. The first-order valence-corrected chi connectivity index (χ1v) is 6.23. The predicted octanol–water partition coefficient (Wildman–Crippen LogP) is 3.38. The third kappa shape index (κ3) is 3.22. The molecule has 0 amide bonds. The van der Waals surface area contributed by atoms with Gasteiger partial charge in [0.1, 0.15) is 5.82 Å². The van der Waals surface area contributed by atoms with Crippen molar-refractivity contribution in [2.45, 2.75) is 13.3 Å². The molecule has 0 aliphatic rings. The van der Waals surface area contributed by atoms with Crippen LogP contribution in [0.1, 0.15) is 27.6 Å². The maximum absolute atomic E-state index is 10.9. The highest BCUT2D eigenvalue weighted by atomic mass is 35.5. The summed E-state index contributed by atoms with van der Waals surface area (Å²) in [7, 11) is 0. The average Bonchev–Trinajstić information content (AvgIpc) is 2.33. The summed E-state index contributed by atoms with van der Waals surface area (Å²) >= 11 is 12.1. The van der Waals surface area contributed by atoms with Crippen LogP contribution in [0.4, 0.5) is 0 Å². The minimum Gasteiger partial charge on any atom is -0.477 e. The molecule has 6 heteroatoms. The zero-order valence-corrected chi connectivity index (χ0v) is 11.5. The van der Waals surface area contributed by atoms with Crippen LogP contribution in [0.15, 0.2) is 24.3 Å². The van der Waals surface area contributed by atoms with Gasteiger partial charge in [-0.25, -0.2) is 14.8 Å². The van der Waals surface area contributed by atoms with Gasteiger partial charge in [0.05, 0.1) is 0 Å². The summed E-state index contributed by atoms with van der Waals surface area (Å²) < 4.78 is 0. The van der Waals surface area contributed by atoms with Gasteiger partial charge in [0.25, 0.3) is 0 Å². The number of benzene rings is 1. The van der Waals surface area contributed by atoms with Crippen LogP contribution in [0.25, 0.3) is 0 Å². The Kier molecular flexibility index (Phi) is 4.02. The fraction of sp³-hybridized carbons (Fsp3) is 0.154. The Morgan fingerprint density at radius 3 is 2.47 bits per heavy atom. The lowest BCUT2D eigenvalue weighted by Gasteiger charge is -2.07. The van der Waals surface area contributed by atoms with Crippen LogP contribution in [-0.4, -0.2) is 21.0 Å². The second-order valence-electron chi connectivity index (χ2n) is 3.99. The third-order valence-corrected chi connectivity index (χ3v) is 3.22. The highest BCUT2D eigenvalue weighted by Gasteiger charge is 2.12. The van der Waals surface area contributed by atoms with Gasteiger partial charge in [-0.3, -0.25) is 0 Å². The van der Waals surface area contributed by atoms with Crippen molar-refractivity contribution in [3.63, 3.8) is 0 Å². The first kappa shape index (κ1) is 13.8. The highest BCUT2D eigenvalue weighted by Crippen LogP contribution is 2.26.